The van der Waals surface area contributed by atoms with Gasteiger partial charge in [-0.2, -0.15) is 14.7 Å². The number of nitrogens with zero attached hydrogens (tertiary/aromatic N) is 5. The molecular formula is C23H24N6O. The molecule has 0 aliphatic carbocycles. The maximum Gasteiger partial charge on any atom is 0.160 e. The van der Waals surface area contributed by atoms with Crippen molar-refractivity contribution in [2.45, 2.75) is 6.92 Å². The summed E-state index contributed by atoms with van der Waals surface area (Å²) in [7, 11) is 1.91. The molecule has 0 atom stereocenters. The average Bonchev–Trinajstić information content (AvgIpc) is 3.18. The van der Waals surface area contributed by atoms with Gasteiger partial charge < -0.3 is 10.0 Å². The second kappa shape index (κ2) is 8.75. The molecule has 0 saturated heterocycles. The number of rotatable bonds is 7. The highest BCUT2D eigenvalue weighted by molar-refractivity contribution is 5.80. The van der Waals surface area contributed by atoms with E-state index in [4.69, 9.17) is 5.10 Å². The molecule has 2 aromatic heterocycles. The SMILES string of the molecule is Cc1cccc(/C=N/Nc2cc(N(C)CCO)n3nc(-c4ccccc4)cc3n2)c1. The predicted octanol–water partition coefficient (Wildman–Crippen LogP) is 3.58. The third-order valence-corrected chi connectivity index (χ3v) is 4.74. The number of aryl methyl sites for hydroxylation is 1. The van der Waals surface area contributed by atoms with Crippen molar-refractivity contribution in [1.82, 2.24) is 14.6 Å². The summed E-state index contributed by atoms with van der Waals surface area (Å²) < 4.78 is 1.79. The summed E-state index contributed by atoms with van der Waals surface area (Å²) in [5, 5.41) is 18.5. The van der Waals surface area contributed by atoms with Gasteiger partial charge in [-0.1, -0.05) is 60.2 Å². The summed E-state index contributed by atoms with van der Waals surface area (Å²) in [4.78, 5) is 6.60. The van der Waals surface area contributed by atoms with Gasteiger partial charge in [-0.25, -0.2) is 4.98 Å². The van der Waals surface area contributed by atoms with Crippen molar-refractivity contribution in [3.8, 4) is 11.3 Å². The number of aliphatic hydroxyl groups excluding tert-OH is 1. The lowest BCUT2D eigenvalue weighted by Gasteiger charge is -2.19. The number of likely N-dealkylation sites (N-methyl/N-ethyl adjacent to an activating group) is 1. The van der Waals surface area contributed by atoms with Crippen LogP contribution in [-0.4, -0.2) is 46.1 Å². The number of benzene rings is 2. The molecule has 0 aliphatic rings. The normalized spacial score (nSPS) is 11.3. The number of nitrogens with one attached hydrogen (secondary N) is 1. The molecule has 7 heteroatoms. The lowest BCUT2D eigenvalue weighted by molar-refractivity contribution is 0.303. The Bertz CT molecular complexity index is 1170. The molecule has 30 heavy (non-hydrogen) atoms. The lowest BCUT2D eigenvalue weighted by Crippen LogP contribution is -2.24. The highest BCUT2D eigenvalue weighted by atomic mass is 16.3. The van der Waals surface area contributed by atoms with Gasteiger partial charge in [0, 0.05) is 31.3 Å². The summed E-state index contributed by atoms with van der Waals surface area (Å²) in [6.45, 7) is 2.57. The topological polar surface area (TPSA) is 78.0 Å². The fourth-order valence-corrected chi connectivity index (χ4v) is 3.23. The van der Waals surface area contributed by atoms with Crippen LogP contribution in [0.2, 0.25) is 0 Å². The van der Waals surface area contributed by atoms with E-state index in [-0.39, 0.29) is 6.61 Å². The summed E-state index contributed by atoms with van der Waals surface area (Å²) in [5.41, 5.74) is 7.76. The minimum Gasteiger partial charge on any atom is -0.395 e. The predicted molar refractivity (Wildman–Crippen MR) is 121 cm³/mol. The van der Waals surface area contributed by atoms with Crippen LogP contribution in [0.3, 0.4) is 0 Å². The van der Waals surface area contributed by atoms with Gasteiger partial charge in [0.25, 0.3) is 0 Å². The first-order valence-corrected chi connectivity index (χ1v) is 9.78. The molecule has 0 radical (unpaired) electrons. The molecule has 2 heterocycles. The van der Waals surface area contributed by atoms with Crippen molar-refractivity contribution in [3.05, 3.63) is 77.9 Å². The maximum absolute atomic E-state index is 9.39. The van der Waals surface area contributed by atoms with Gasteiger partial charge >= 0.3 is 0 Å². The lowest BCUT2D eigenvalue weighted by atomic mass is 10.2. The highest BCUT2D eigenvalue weighted by Crippen LogP contribution is 2.24. The van der Waals surface area contributed by atoms with E-state index in [0.29, 0.717) is 18.0 Å². The van der Waals surface area contributed by atoms with Gasteiger partial charge in [0.05, 0.1) is 18.5 Å². The van der Waals surface area contributed by atoms with Crippen LogP contribution in [0, 0.1) is 6.92 Å². The highest BCUT2D eigenvalue weighted by Gasteiger charge is 2.13. The van der Waals surface area contributed by atoms with Crippen LogP contribution < -0.4 is 10.3 Å². The van der Waals surface area contributed by atoms with Crippen LogP contribution >= 0.6 is 0 Å². The number of aliphatic hydroxyl groups is 1. The zero-order chi connectivity index (χ0) is 20.9. The zero-order valence-electron chi connectivity index (χ0n) is 17.0. The van der Waals surface area contributed by atoms with Crippen LogP contribution in [0.15, 0.2) is 71.8 Å². The first kappa shape index (κ1) is 19.6. The Morgan fingerprint density at radius 1 is 1.10 bits per heavy atom. The first-order valence-electron chi connectivity index (χ1n) is 9.78. The zero-order valence-corrected chi connectivity index (χ0v) is 17.0. The number of aromatic nitrogens is 3. The summed E-state index contributed by atoms with van der Waals surface area (Å²) in [5.74, 6) is 1.41. The third kappa shape index (κ3) is 4.31. The molecule has 0 saturated carbocycles. The molecule has 4 aromatic rings. The Kier molecular flexibility index (Phi) is 5.72. The largest absolute Gasteiger partial charge is 0.395 e. The summed E-state index contributed by atoms with van der Waals surface area (Å²) >= 11 is 0. The maximum atomic E-state index is 9.39. The Labute approximate surface area is 175 Å². The van der Waals surface area contributed by atoms with Gasteiger partial charge in [0.1, 0.15) is 5.82 Å². The van der Waals surface area contributed by atoms with Crippen molar-refractivity contribution < 1.29 is 5.11 Å². The smallest absolute Gasteiger partial charge is 0.160 e. The number of hydrogen-bond acceptors (Lipinski definition) is 6. The van der Waals surface area contributed by atoms with Gasteiger partial charge in [0.2, 0.25) is 0 Å². The second-order valence-corrected chi connectivity index (χ2v) is 7.09. The Morgan fingerprint density at radius 2 is 1.93 bits per heavy atom. The quantitative estimate of drug-likeness (QED) is 0.366. The Balaban J connectivity index is 1.69. The number of hydrogen-bond donors (Lipinski definition) is 2. The summed E-state index contributed by atoms with van der Waals surface area (Å²) in [6, 6.07) is 21.9. The van der Waals surface area contributed by atoms with Crippen LogP contribution in [0.25, 0.3) is 16.9 Å². The fourth-order valence-electron chi connectivity index (χ4n) is 3.23. The number of fused-ring (bicyclic) bond motifs is 1. The molecule has 0 fully saturated rings. The van der Waals surface area contributed by atoms with Gasteiger partial charge in [-0.15, -0.1) is 0 Å². The second-order valence-electron chi connectivity index (χ2n) is 7.09. The van der Waals surface area contributed by atoms with E-state index in [1.807, 2.05) is 79.5 Å². The van der Waals surface area contributed by atoms with Crippen molar-refractivity contribution in [2.75, 3.05) is 30.5 Å². The first-order chi connectivity index (χ1) is 14.6. The van der Waals surface area contributed by atoms with Crippen LogP contribution in [0.5, 0.6) is 0 Å². The monoisotopic (exact) mass is 400 g/mol. The molecule has 0 amide bonds. The van der Waals surface area contributed by atoms with Gasteiger partial charge in [-0.05, 0) is 12.5 Å². The number of anilines is 2. The molecule has 0 unspecified atom stereocenters. The molecule has 2 aromatic carbocycles. The molecule has 152 valence electrons. The van der Waals surface area contributed by atoms with Crippen LogP contribution in [0.4, 0.5) is 11.6 Å². The van der Waals surface area contributed by atoms with E-state index in [9.17, 15) is 5.11 Å². The Morgan fingerprint density at radius 3 is 2.70 bits per heavy atom. The molecule has 0 spiro atoms. The molecule has 0 aliphatic heterocycles. The molecular weight excluding hydrogens is 376 g/mol. The fraction of sp³-hybridized carbons (Fsp3) is 0.174. The minimum atomic E-state index is 0.0431. The Hall–Kier alpha value is -3.71. The van der Waals surface area contributed by atoms with E-state index < -0.39 is 0 Å². The van der Waals surface area contributed by atoms with E-state index in [2.05, 4.69) is 21.6 Å². The molecule has 7 nitrogen and oxygen atoms in total. The van der Waals surface area contributed by atoms with E-state index in [0.717, 1.165) is 22.6 Å². The average molecular weight is 400 g/mol. The van der Waals surface area contributed by atoms with E-state index >= 15 is 0 Å². The van der Waals surface area contributed by atoms with Crippen LogP contribution in [0.1, 0.15) is 11.1 Å². The van der Waals surface area contributed by atoms with E-state index in [1.165, 1.54) is 5.56 Å². The van der Waals surface area contributed by atoms with Crippen molar-refractivity contribution in [3.63, 3.8) is 0 Å². The van der Waals surface area contributed by atoms with Crippen molar-refractivity contribution >= 4 is 23.5 Å². The minimum absolute atomic E-state index is 0.0431. The van der Waals surface area contributed by atoms with Crippen molar-refractivity contribution in [1.29, 1.82) is 0 Å². The standard InChI is InChI=1S/C23H24N6O/c1-17-7-6-8-18(13-17)16-24-26-21-15-23(28(2)11-12-30)29-22(25-21)14-20(27-29)19-9-4-3-5-10-19/h3-10,13-16,30H,11-12H2,1-2H3,(H,25,26)/b24-16+. The molecule has 0 bridgehead atoms. The third-order valence-electron chi connectivity index (χ3n) is 4.74. The van der Waals surface area contributed by atoms with Crippen molar-refractivity contribution in [2.24, 2.45) is 5.10 Å². The number of hydrazone groups is 1. The molecule has 4 rings (SSSR count). The van der Waals surface area contributed by atoms with Gasteiger partial charge in [0.15, 0.2) is 11.5 Å². The summed E-state index contributed by atoms with van der Waals surface area (Å²) in [6.07, 6.45) is 1.77. The molecule has 2 N–H and O–H groups in total. The van der Waals surface area contributed by atoms with Gasteiger partial charge in [-0.3, -0.25) is 5.43 Å². The van der Waals surface area contributed by atoms with E-state index in [1.54, 1.807) is 10.7 Å². The van der Waals surface area contributed by atoms with Crippen LogP contribution in [-0.2, 0) is 0 Å².